The smallest absolute Gasteiger partial charge is 0.260 e. The Kier molecular flexibility index (Phi) is 3.98. The fourth-order valence-electron chi connectivity index (χ4n) is 2.80. The van der Waals surface area contributed by atoms with Crippen molar-refractivity contribution in [2.24, 2.45) is 5.92 Å². The first kappa shape index (κ1) is 15.4. The van der Waals surface area contributed by atoms with E-state index in [-0.39, 0.29) is 24.6 Å². The van der Waals surface area contributed by atoms with Crippen LogP contribution in [-0.2, 0) is 11.2 Å². The van der Waals surface area contributed by atoms with E-state index in [1.165, 1.54) is 18.5 Å². The maximum absolute atomic E-state index is 13.9. The Morgan fingerprint density at radius 1 is 1.26 bits per heavy atom. The summed E-state index contributed by atoms with van der Waals surface area (Å²) in [5.41, 5.74) is 1.12. The summed E-state index contributed by atoms with van der Waals surface area (Å²) in [5, 5.41) is 11.8. The lowest BCUT2D eigenvalue weighted by Crippen LogP contribution is -2.28. The third-order valence-corrected chi connectivity index (χ3v) is 4.03. The van der Waals surface area contributed by atoms with Gasteiger partial charge in [-0.3, -0.25) is 9.78 Å². The van der Waals surface area contributed by atoms with E-state index >= 15 is 0 Å². The van der Waals surface area contributed by atoms with Crippen LogP contribution in [0.2, 0.25) is 0 Å². The molecule has 0 radical (unpaired) electrons. The first-order valence-electron chi connectivity index (χ1n) is 7.31. The highest BCUT2D eigenvalue weighted by Crippen LogP contribution is 2.61. The third-order valence-electron chi connectivity index (χ3n) is 4.03. The number of aromatic hydroxyl groups is 1. The first-order chi connectivity index (χ1) is 11.0. The molecule has 0 aliphatic heterocycles. The molecule has 6 heteroatoms. The van der Waals surface area contributed by atoms with Gasteiger partial charge in [-0.15, -0.1) is 0 Å². The van der Waals surface area contributed by atoms with E-state index in [4.69, 9.17) is 0 Å². The Hall–Kier alpha value is -2.50. The van der Waals surface area contributed by atoms with Crippen LogP contribution in [0.1, 0.15) is 17.0 Å². The number of nitrogens with zero attached hydrogens (tertiary/aromatic N) is 1. The number of rotatable bonds is 5. The van der Waals surface area contributed by atoms with Gasteiger partial charge in [0.2, 0.25) is 5.91 Å². The Balaban J connectivity index is 1.55. The maximum atomic E-state index is 13.9. The summed E-state index contributed by atoms with van der Waals surface area (Å²) in [6.07, 6.45) is 2.71. The normalized spacial score (nSPS) is 21.7. The highest BCUT2D eigenvalue weighted by atomic mass is 19.3. The van der Waals surface area contributed by atoms with Gasteiger partial charge in [-0.1, -0.05) is 30.3 Å². The molecule has 2 atom stereocenters. The van der Waals surface area contributed by atoms with Crippen molar-refractivity contribution in [1.82, 2.24) is 10.3 Å². The molecule has 1 aromatic heterocycles. The van der Waals surface area contributed by atoms with Crippen LogP contribution in [0.4, 0.5) is 8.78 Å². The topological polar surface area (TPSA) is 62.2 Å². The standard InChI is InChI=1S/C17H16F2N2O2/c18-17(19)14(16(17)12-4-2-1-3-5-12)10-21-15(23)7-11-6-13(22)9-20-8-11/h1-6,8-9,14,16,22H,7,10H2,(H,21,23)/t14-,16-/m1/s1. The zero-order valence-corrected chi connectivity index (χ0v) is 12.2. The predicted molar refractivity (Wildman–Crippen MR) is 80.2 cm³/mol. The van der Waals surface area contributed by atoms with Gasteiger partial charge in [0.25, 0.3) is 5.92 Å². The van der Waals surface area contributed by atoms with Crippen molar-refractivity contribution in [2.75, 3.05) is 6.54 Å². The van der Waals surface area contributed by atoms with Crippen molar-refractivity contribution >= 4 is 5.91 Å². The lowest BCUT2D eigenvalue weighted by atomic mass is 10.1. The van der Waals surface area contributed by atoms with E-state index in [9.17, 15) is 18.7 Å². The van der Waals surface area contributed by atoms with Crippen molar-refractivity contribution in [3.8, 4) is 5.75 Å². The molecule has 3 rings (SSSR count). The molecular formula is C17H16F2N2O2. The van der Waals surface area contributed by atoms with E-state index in [0.717, 1.165) is 0 Å². The summed E-state index contributed by atoms with van der Waals surface area (Å²) in [6.45, 7) is -0.0718. The Morgan fingerprint density at radius 3 is 2.70 bits per heavy atom. The van der Waals surface area contributed by atoms with Crippen LogP contribution in [0.25, 0.3) is 0 Å². The van der Waals surface area contributed by atoms with E-state index in [0.29, 0.717) is 11.1 Å². The molecule has 1 aromatic carbocycles. The number of amides is 1. The Morgan fingerprint density at radius 2 is 2.00 bits per heavy atom. The van der Waals surface area contributed by atoms with Crippen LogP contribution < -0.4 is 5.32 Å². The van der Waals surface area contributed by atoms with Gasteiger partial charge < -0.3 is 10.4 Å². The van der Waals surface area contributed by atoms with Gasteiger partial charge in [-0.05, 0) is 17.2 Å². The number of nitrogens with one attached hydrogen (secondary N) is 1. The number of halogens is 2. The highest BCUT2D eigenvalue weighted by molar-refractivity contribution is 5.78. The van der Waals surface area contributed by atoms with Crippen LogP contribution >= 0.6 is 0 Å². The largest absolute Gasteiger partial charge is 0.506 e. The number of carbonyl (C=O) groups excluding carboxylic acids is 1. The SMILES string of the molecule is O=C(Cc1cncc(O)c1)NC[C@@H]1[C@@H](c2ccccc2)C1(F)F. The number of carbonyl (C=O) groups is 1. The molecule has 0 spiro atoms. The second kappa shape index (κ2) is 5.95. The number of pyridine rings is 1. The second-order valence-electron chi connectivity index (χ2n) is 5.70. The van der Waals surface area contributed by atoms with Gasteiger partial charge in [0.15, 0.2) is 0 Å². The summed E-state index contributed by atoms with van der Waals surface area (Å²) in [7, 11) is 0. The number of hydrogen-bond donors (Lipinski definition) is 2. The molecule has 23 heavy (non-hydrogen) atoms. The van der Waals surface area contributed by atoms with E-state index < -0.39 is 17.8 Å². The summed E-state index contributed by atoms with van der Waals surface area (Å²) < 4.78 is 27.8. The predicted octanol–water partition coefficient (Wildman–Crippen LogP) is 2.49. The molecule has 0 unspecified atom stereocenters. The van der Waals surface area contributed by atoms with E-state index in [1.54, 1.807) is 30.3 Å². The fraction of sp³-hybridized carbons (Fsp3) is 0.294. The first-order valence-corrected chi connectivity index (χ1v) is 7.31. The van der Waals surface area contributed by atoms with Gasteiger partial charge in [-0.25, -0.2) is 8.78 Å². The summed E-state index contributed by atoms with van der Waals surface area (Å²) >= 11 is 0. The summed E-state index contributed by atoms with van der Waals surface area (Å²) in [6, 6.07) is 10.0. The number of benzene rings is 1. The molecule has 1 aliphatic carbocycles. The molecule has 0 bridgehead atoms. The number of alkyl halides is 2. The molecule has 120 valence electrons. The molecule has 0 saturated heterocycles. The fourth-order valence-corrected chi connectivity index (χ4v) is 2.80. The summed E-state index contributed by atoms with van der Waals surface area (Å²) in [5.74, 6) is -4.91. The average Bonchev–Trinajstić information content (AvgIpc) is 3.07. The second-order valence-corrected chi connectivity index (χ2v) is 5.70. The Bertz CT molecular complexity index is 707. The molecular weight excluding hydrogens is 302 g/mol. The molecule has 1 fully saturated rings. The monoisotopic (exact) mass is 318 g/mol. The quantitative estimate of drug-likeness (QED) is 0.890. The van der Waals surface area contributed by atoms with Gasteiger partial charge in [0, 0.05) is 12.7 Å². The number of aromatic nitrogens is 1. The van der Waals surface area contributed by atoms with Gasteiger partial charge >= 0.3 is 0 Å². The minimum Gasteiger partial charge on any atom is -0.506 e. The molecule has 1 amide bonds. The van der Waals surface area contributed by atoms with Crippen LogP contribution in [0.5, 0.6) is 5.75 Å². The molecule has 4 nitrogen and oxygen atoms in total. The van der Waals surface area contributed by atoms with Crippen LogP contribution in [0.15, 0.2) is 48.8 Å². The van der Waals surface area contributed by atoms with Crippen molar-refractivity contribution in [3.63, 3.8) is 0 Å². The minimum absolute atomic E-state index is 0.00427. The zero-order valence-electron chi connectivity index (χ0n) is 12.2. The van der Waals surface area contributed by atoms with Crippen molar-refractivity contribution < 1.29 is 18.7 Å². The molecule has 2 aromatic rings. The lowest BCUT2D eigenvalue weighted by Gasteiger charge is -2.05. The minimum atomic E-state index is -2.79. The van der Waals surface area contributed by atoms with E-state index in [2.05, 4.69) is 10.3 Å². The van der Waals surface area contributed by atoms with Gasteiger partial charge in [-0.2, -0.15) is 0 Å². The van der Waals surface area contributed by atoms with Gasteiger partial charge in [0.1, 0.15) is 5.75 Å². The van der Waals surface area contributed by atoms with Crippen LogP contribution in [-0.4, -0.2) is 28.5 Å². The number of hydrogen-bond acceptors (Lipinski definition) is 3. The average molecular weight is 318 g/mol. The van der Waals surface area contributed by atoms with Crippen molar-refractivity contribution in [1.29, 1.82) is 0 Å². The van der Waals surface area contributed by atoms with Gasteiger partial charge in [0.05, 0.1) is 24.5 Å². The van der Waals surface area contributed by atoms with Crippen LogP contribution in [0, 0.1) is 5.92 Å². The van der Waals surface area contributed by atoms with Crippen molar-refractivity contribution in [3.05, 3.63) is 59.9 Å². The molecule has 1 aliphatic rings. The Labute approximate surface area is 132 Å². The van der Waals surface area contributed by atoms with E-state index in [1.807, 2.05) is 0 Å². The maximum Gasteiger partial charge on any atom is 0.260 e. The zero-order chi connectivity index (χ0) is 16.4. The molecule has 2 N–H and O–H groups in total. The van der Waals surface area contributed by atoms with Crippen LogP contribution in [0.3, 0.4) is 0 Å². The lowest BCUT2D eigenvalue weighted by molar-refractivity contribution is -0.120. The third kappa shape index (κ3) is 3.31. The van der Waals surface area contributed by atoms with Crippen molar-refractivity contribution in [2.45, 2.75) is 18.3 Å². The summed E-state index contributed by atoms with van der Waals surface area (Å²) in [4.78, 5) is 15.6. The molecule has 1 saturated carbocycles. The molecule has 1 heterocycles. The highest BCUT2D eigenvalue weighted by Gasteiger charge is 2.68.